The lowest BCUT2D eigenvalue weighted by molar-refractivity contribution is -0.189. The molecule has 0 aromatic heterocycles. The Morgan fingerprint density at radius 3 is 2.94 bits per heavy atom. The number of nitrogens with zero attached hydrogens (tertiary/aromatic N) is 1. The Hall–Kier alpha value is -0.650. The van der Waals surface area contributed by atoms with E-state index in [0.29, 0.717) is 12.5 Å². The maximum Gasteiger partial charge on any atom is 0.308 e. The molecule has 3 unspecified atom stereocenters. The molecular weight excluding hydrogens is 222 g/mol. The molecule has 5 nitrogen and oxygen atoms in total. The molecule has 5 heteroatoms. The highest BCUT2D eigenvalue weighted by Gasteiger charge is 2.46. The van der Waals surface area contributed by atoms with Gasteiger partial charge in [0.15, 0.2) is 5.79 Å². The van der Waals surface area contributed by atoms with Crippen LogP contribution >= 0.6 is 0 Å². The molecule has 0 amide bonds. The predicted molar refractivity (Wildman–Crippen MR) is 61.5 cm³/mol. The fourth-order valence-corrected chi connectivity index (χ4v) is 2.60. The van der Waals surface area contributed by atoms with Gasteiger partial charge in [-0.05, 0) is 26.9 Å². The third-order valence-corrected chi connectivity index (χ3v) is 3.71. The van der Waals surface area contributed by atoms with Crippen LogP contribution in [0.5, 0.6) is 0 Å². The summed E-state index contributed by atoms with van der Waals surface area (Å²) >= 11 is 0. The molecule has 0 aliphatic carbocycles. The summed E-state index contributed by atoms with van der Waals surface area (Å²) in [6.45, 7) is 4.52. The zero-order valence-corrected chi connectivity index (χ0v) is 10.8. The molecule has 17 heavy (non-hydrogen) atoms. The first-order valence-electron chi connectivity index (χ1n) is 6.10. The minimum Gasteiger partial charge on any atom is -0.469 e. The summed E-state index contributed by atoms with van der Waals surface area (Å²) in [6, 6.07) is 0. The maximum absolute atomic E-state index is 11.2. The Morgan fingerprint density at radius 2 is 2.35 bits per heavy atom. The lowest BCUT2D eigenvalue weighted by Crippen LogP contribution is -2.38. The summed E-state index contributed by atoms with van der Waals surface area (Å²) in [6.07, 6.45) is 1.19. The van der Waals surface area contributed by atoms with Crippen molar-refractivity contribution in [2.45, 2.75) is 31.7 Å². The minimum absolute atomic E-state index is 0.168. The molecule has 0 N–H and O–H groups in total. The fourth-order valence-electron chi connectivity index (χ4n) is 2.60. The van der Waals surface area contributed by atoms with Gasteiger partial charge >= 0.3 is 5.97 Å². The van der Waals surface area contributed by atoms with Crippen molar-refractivity contribution in [3.63, 3.8) is 0 Å². The van der Waals surface area contributed by atoms with Crippen LogP contribution < -0.4 is 0 Å². The van der Waals surface area contributed by atoms with Crippen molar-refractivity contribution in [1.82, 2.24) is 4.90 Å². The first kappa shape index (κ1) is 12.8. The third kappa shape index (κ3) is 2.78. The van der Waals surface area contributed by atoms with Crippen molar-refractivity contribution in [2.24, 2.45) is 5.92 Å². The number of ether oxygens (including phenoxy) is 3. The largest absolute Gasteiger partial charge is 0.469 e. The molecular formula is C12H21NO4. The molecule has 0 aromatic rings. The molecule has 0 spiro atoms. The van der Waals surface area contributed by atoms with Crippen LogP contribution in [0.4, 0.5) is 0 Å². The monoisotopic (exact) mass is 243 g/mol. The standard InChI is InChI=1S/C12H21NO4/c1-12(9-4-5-13(2)7-9)16-8-10(17-12)6-11(14)15-3/h9-10H,4-8H2,1-3H3. The van der Waals surface area contributed by atoms with E-state index in [9.17, 15) is 4.79 Å². The summed E-state index contributed by atoms with van der Waals surface area (Å²) in [5.41, 5.74) is 0. The number of methoxy groups -OCH3 is 1. The number of hydrogen-bond donors (Lipinski definition) is 0. The molecule has 0 bridgehead atoms. The Morgan fingerprint density at radius 1 is 1.59 bits per heavy atom. The highest BCUT2D eigenvalue weighted by atomic mass is 16.7. The highest BCUT2D eigenvalue weighted by Crippen LogP contribution is 2.36. The average Bonchev–Trinajstić information content (AvgIpc) is 2.87. The van der Waals surface area contributed by atoms with Crippen molar-refractivity contribution in [1.29, 1.82) is 0 Å². The minimum atomic E-state index is -0.538. The van der Waals surface area contributed by atoms with E-state index in [1.54, 1.807) is 0 Å². The molecule has 2 rings (SSSR count). The van der Waals surface area contributed by atoms with Gasteiger partial charge in [0.2, 0.25) is 0 Å². The smallest absolute Gasteiger partial charge is 0.308 e. The van der Waals surface area contributed by atoms with Gasteiger partial charge in [-0.3, -0.25) is 4.79 Å². The number of esters is 1. The molecule has 0 saturated carbocycles. The van der Waals surface area contributed by atoms with Gasteiger partial charge in [-0.25, -0.2) is 0 Å². The lowest BCUT2D eigenvalue weighted by atomic mass is 9.99. The number of likely N-dealkylation sites (tertiary alicyclic amines) is 1. The van der Waals surface area contributed by atoms with Gasteiger partial charge in [0, 0.05) is 12.5 Å². The van der Waals surface area contributed by atoms with E-state index in [1.807, 2.05) is 6.92 Å². The van der Waals surface area contributed by atoms with Gasteiger partial charge in [0.25, 0.3) is 0 Å². The Labute approximate surface area is 102 Å². The maximum atomic E-state index is 11.2. The highest BCUT2D eigenvalue weighted by molar-refractivity contribution is 5.69. The van der Waals surface area contributed by atoms with Crippen LogP contribution in [0, 0.1) is 5.92 Å². The van der Waals surface area contributed by atoms with Crippen LogP contribution in [0.15, 0.2) is 0 Å². The van der Waals surface area contributed by atoms with Gasteiger partial charge in [-0.1, -0.05) is 0 Å². The van der Waals surface area contributed by atoms with E-state index in [-0.39, 0.29) is 18.5 Å². The van der Waals surface area contributed by atoms with E-state index in [4.69, 9.17) is 9.47 Å². The Bertz CT molecular complexity index is 296. The fraction of sp³-hybridized carbons (Fsp3) is 0.917. The molecule has 2 aliphatic rings. The average molecular weight is 243 g/mol. The van der Waals surface area contributed by atoms with Crippen LogP contribution in [0.25, 0.3) is 0 Å². The summed E-state index contributed by atoms with van der Waals surface area (Å²) in [5, 5.41) is 0. The normalized spacial score (nSPS) is 38.5. The molecule has 98 valence electrons. The molecule has 2 fully saturated rings. The topological polar surface area (TPSA) is 48.0 Å². The van der Waals surface area contributed by atoms with Crippen molar-refractivity contribution >= 4 is 5.97 Å². The van der Waals surface area contributed by atoms with Gasteiger partial charge in [-0.15, -0.1) is 0 Å². The number of rotatable bonds is 3. The van der Waals surface area contributed by atoms with Crippen molar-refractivity contribution in [3.05, 3.63) is 0 Å². The van der Waals surface area contributed by atoms with E-state index in [0.717, 1.165) is 19.5 Å². The van der Waals surface area contributed by atoms with Crippen LogP contribution in [-0.4, -0.2) is 56.6 Å². The SMILES string of the molecule is COC(=O)CC1COC(C)(C2CCN(C)C2)O1. The van der Waals surface area contributed by atoms with Crippen molar-refractivity contribution < 1.29 is 19.0 Å². The first-order valence-corrected chi connectivity index (χ1v) is 6.10. The first-order chi connectivity index (χ1) is 8.03. The van der Waals surface area contributed by atoms with Crippen LogP contribution in [0.1, 0.15) is 19.8 Å². The number of hydrogen-bond acceptors (Lipinski definition) is 5. The van der Waals surface area contributed by atoms with Crippen LogP contribution in [0.3, 0.4) is 0 Å². The summed E-state index contributed by atoms with van der Waals surface area (Å²) in [5.74, 6) is -0.398. The zero-order valence-electron chi connectivity index (χ0n) is 10.8. The van der Waals surface area contributed by atoms with Gasteiger partial charge < -0.3 is 19.1 Å². The summed E-state index contributed by atoms with van der Waals surface area (Å²) in [7, 11) is 3.49. The van der Waals surface area contributed by atoms with Crippen LogP contribution in [0.2, 0.25) is 0 Å². The summed E-state index contributed by atoms with van der Waals surface area (Å²) in [4.78, 5) is 13.5. The molecule has 2 saturated heterocycles. The zero-order chi connectivity index (χ0) is 12.5. The van der Waals surface area contributed by atoms with E-state index >= 15 is 0 Å². The Balaban J connectivity index is 1.89. The molecule has 0 radical (unpaired) electrons. The molecule has 0 aromatic carbocycles. The van der Waals surface area contributed by atoms with Gasteiger partial charge in [0.1, 0.15) is 0 Å². The van der Waals surface area contributed by atoms with Crippen molar-refractivity contribution in [3.8, 4) is 0 Å². The second kappa shape index (κ2) is 4.92. The Kier molecular flexibility index (Phi) is 3.70. The quantitative estimate of drug-likeness (QED) is 0.681. The third-order valence-electron chi connectivity index (χ3n) is 3.71. The summed E-state index contributed by atoms with van der Waals surface area (Å²) < 4.78 is 16.3. The molecule has 2 aliphatic heterocycles. The van der Waals surface area contributed by atoms with Gasteiger partial charge in [-0.2, -0.15) is 0 Å². The predicted octanol–water partition coefficient (Wildman–Crippen LogP) is 0.633. The van der Waals surface area contributed by atoms with E-state index < -0.39 is 5.79 Å². The van der Waals surface area contributed by atoms with Crippen molar-refractivity contribution in [2.75, 3.05) is 33.9 Å². The second-order valence-corrected chi connectivity index (χ2v) is 5.09. The van der Waals surface area contributed by atoms with E-state index in [1.165, 1.54) is 7.11 Å². The lowest BCUT2D eigenvalue weighted by Gasteiger charge is -2.29. The van der Waals surface area contributed by atoms with E-state index in [2.05, 4.69) is 16.7 Å². The molecule has 3 atom stereocenters. The number of carbonyl (C=O) groups excluding carboxylic acids is 1. The molecule has 2 heterocycles. The van der Waals surface area contributed by atoms with Crippen LogP contribution in [-0.2, 0) is 19.0 Å². The van der Waals surface area contributed by atoms with Gasteiger partial charge in [0.05, 0.1) is 26.2 Å². The second-order valence-electron chi connectivity index (χ2n) is 5.09. The number of carbonyl (C=O) groups is 1.